The highest BCUT2D eigenvalue weighted by Gasteiger charge is 2.14. The van der Waals surface area contributed by atoms with Gasteiger partial charge < -0.3 is 10.2 Å². The Kier molecular flexibility index (Phi) is 3.46. The zero-order chi connectivity index (χ0) is 11.5. The van der Waals surface area contributed by atoms with Crippen molar-refractivity contribution in [2.24, 2.45) is 5.73 Å². The highest BCUT2D eigenvalue weighted by molar-refractivity contribution is 9.10. The Bertz CT molecular complexity index is 461. The molecule has 0 saturated heterocycles. The summed E-state index contributed by atoms with van der Waals surface area (Å²) in [7, 11) is 0. The van der Waals surface area contributed by atoms with Crippen molar-refractivity contribution in [2.45, 2.75) is 19.4 Å². The summed E-state index contributed by atoms with van der Waals surface area (Å²) in [5.41, 5.74) is 8.38. The number of hydrogen-bond donors (Lipinski definition) is 1. The summed E-state index contributed by atoms with van der Waals surface area (Å²) in [6, 6.07) is 9.90. The maximum atomic E-state index is 6.21. The van der Waals surface area contributed by atoms with Crippen LogP contribution in [0.5, 0.6) is 0 Å². The van der Waals surface area contributed by atoms with Crippen molar-refractivity contribution < 1.29 is 4.42 Å². The van der Waals surface area contributed by atoms with Crippen LogP contribution in [-0.4, -0.2) is 0 Å². The highest BCUT2D eigenvalue weighted by Crippen LogP contribution is 2.25. The molecule has 1 atom stereocenters. The van der Waals surface area contributed by atoms with Crippen LogP contribution in [0.15, 0.2) is 45.5 Å². The van der Waals surface area contributed by atoms with Crippen LogP contribution in [0, 0.1) is 0 Å². The van der Waals surface area contributed by atoms with Gasteiger partial charge in [-0.25, -0.2) is 0 Å². The summed E-state index contributed by atoms with van der Waals surface area (Å²) in [5, 5.41) is 0. The molecule has 0 spiro atoms. The summed E-state index contributed by atoms with van der Waals surface area (Å²) in [6.45, 7) is 2.07. The van der Waals surface area contributed by atoms with Crippen molar-refractivity contribution in [1.82, 2.24) is 0 Å². The van der Waals surface area contributed by atoms with Crippen LogP contribution in [0.4, 0.5) is 0 Å². The second-order valence-electron chi connectivity index (χ2n) is 3.68. The lowest BCUT2D eigenvalue weighted by atomic mass is 9.99. The van der Waals surface area contributed by atoms with Gasteiger partial charge in [-0.3, -0.25) is 0 Å². The Hall–Kier alpha value is -1.06. The van der Waals surface area contributed by atoms with Crippen LogP contribution in [0.3, 0.4) is 0 Å². The van der Waals surface area contributed by atoms with Crippen LogP contribution < -0.4 is 5.73 Å². The molecule has 1 heterocycles. The number of aryl methyl sites for hydroxylation is 1. The van der Waals surface area contributed by atoms with Gasteiger partial charge >= 0.3 is 0 Å². The van der Waals surface area contributed by atoms with Crippen LogP contribution in [0.25, 0.3) is 0 Å². The number of benzene rings is 1. The number of furan rings is 1. The molecule has 0 aliphatic heterocycles. The van der Waals surface area contributed by atoms with E-state index in [1.165, 1.54) is 0 Å². The second-order valence-corrected chi connectivity index (χ2v) is 4.60. The Balaban J connectivity index is 2.31. The van der Waals surface area contributed by atoms with E-state index in [0.717, 1.165) is 27.8 Å². The normalized spacial score (nSPS) is 12.7. The van der Waals surface area contributed by atoms with Crippen LogP contribution in [0.1, 0.15) is 29.9 Å². The third kappa shape index (κ3) is 2.20. The molecule has 2 aromatic rings. The molecule has 1 aromatic carbocycles. The van der Waals surface area contributed by atoms with Gasteiger partial charge in [-0.15, -0.1) is 0 Å². The largest absolute Gasteiger partial charge is 0.469 e. The fourth-order valence-corrected chi connectivity index (χ4v) is 2.03. The third-order valence-corrected chi connectivity index (χ3v) is 3.19. The highest BCUT2D eigenvalue weighted by atomic mass is 79.9. The molecule has 16 heavy (non-hydrogen) atoms. The quantitative estimate of drug-likeness (QED) is 0.932. The Labute approximate surface area is 104 Å². The summed E-state index contributed by atoms with van der Waals surface area (Å²) in [6.07, 6.45) is 2.57. The Morgan fingerprint density at radius 3 is 2.56 bits per heavy atom. The van der Waals surface area contributed by atoms with E-state index in [1.54, 1.807) is 6.26 Å². The predicted molar refractivity (Wildman–Crippen MR) is 68.3 cm³/mol. The van der Waals surface area contributed by atoms with E-state index in [2.05, 4.69) is 22.9 Å². The van der Waals surface area contributed by atoms with Gasteiger partial charge in [-0.2, -0.15) is 0 Å². The van der Waals surface area contributed by atoms with Crippen molar-refractivity contribution in [3.63, 3.8) is 0 Å². The predicted octanol–water partition coefficient (Wildman–Crippen LogP) is 3.65. The minimum Gasteiger partial charge on any atom is -0.469 e. The number of nitrogens with two attached hydrogens (primary N) is 1. The Morgan fingerprint density at radius 2 is 1.94 bits per heavy atom. The van der Waals surface area contributed by atoms with Crippen molar-refractivity contribution in [1.29, 1.82) is 0 Å². The second kappa shape index (κ2) is 4.85. The molecule has 0 aliphatic rings. The van der Waals surface area contributed by atoms with E-state index in [-0.39, 0.29) is 6.04 Å². The topological polar surface area (TPSA) is 39.2 Å². The summed E-state index contributed by atoms with van der Waals surface area (Å²) in [5.74, 6) is 0.968. The maximum Gasteiger partial charge on any atom is 0.108 e. The fraction of sp³-hybridized carbons (Fsp3) is 0.231. The van der Waals surface area contributed by atoms with E-state index in [9.17, 15) is 0 Å². The van der Waals surface area contributed by atoms with Crippen molar-refractivity contribution >= 4 is 15.9 Å². The van der Waals surface area contributed by atoms with Crippen LogP contribution in [0.2, 0.25) is 0 Å². The summed E-state index contributed by atoms with van der Waals surface area (Å²) >= 11 is 3.41. The van der Waals surface area contributed by atoms with Gasteiger partial charge in [-0.1, -0.05) is 35.0 Å². The van der Waals surface area contributed by atoms with Gasteiger partial charge in [0.2, 0.25) is 0 Å². The van der Waals surface area contributed by atoms with E-state index in [1.807, 2.05) is 30.3 Å². The molecule has 0 bridgehead atoms. The summed E-state index contributed by atoms with van der Waals surface area (Å²) in [4.78, 5) is 0. The minimum absolute atomic E-state index is 0.109. The van der Waals surface area contributed by atoms with E-state index in [0.29, 0.717) is 0 Å². The van der Waals surface area contributed by atoms with Crippen molar-refractivity contribution in [2.75, 3.05) is 0 Å². The molecule has 0 amide bonds. The molecule has 84 valence electrons. The monoisotopic (exact) mass is 279 g/mol. The minimum atomic E-state index is -0.109. The number of hydrogen-bond acceptors (Lipinski definition) is 2. The molecular weight excluding hydrogens is 266 g/mol. The standard InChI is InChI=1S/C13H14BrNO/c1-2-12-11(7-8-16-12)13(15)9-3-5-10(14)6-4-9/h3-8,13H,2,15H2,1H3. The number of halogens is 1. The first-order valence-corrected chi connectivity index (χ1v) is 6.09. The molecule has 2 N–H and O–H groups in total. The first-order chi connectivity index (χ1) is 7.72. The maximum absolute atomic E-state index is 6.21. The molecule has 1 aromatic heterocycles. The third-order valence-electron chi connectivity index (χ3n) is 2.67. The Morgan fingerprint density at radius 1 is 1.25 bits per heavy atom. The molecule has 0 fully saturated rings. The van der Waals surface area contributed by atoms with E-state index in [4.69, 9.17) is 10.2 Å². The van der Waals surface area contributed by atoms with Crippen molar-refractivity contribution in [3.05, 3.63) is 58.0 Å². The summed E-state index contributed by atoms with van der Waals surface area (Å²) < 4.78 is 6.45. The molecular formula is C13H14BrNO. The van der Waals surface area contributed by atoms with Gasteiger partial charge in [0.15, 0.2) is 0 Å². The smallest absolute Gasteiger partial charge is 0.108 e. The molecule has 1 unspecified atom stereocenters. The molecule has 0 radical (unpaired) electrons. The average molecular weight is 280 g/mol. The van der Waals surface area contributed by atoms with Gasteiger partial charge in [-0.05, 0) is 23.8 Å². The number of rotatable bonds is 3. The molecule has 0 saturated carbocycles. The lowest BCUT2D eigenvalue weighted by Gasteiger charge is -2.11. The first kappa shape index (κ1) is 11.4. The van der Waals surface area contributed by atoms with Gasteiger partial charge in [0.25, 0.3) is 0 Å². The van der Waals surface area contributed by atoms with Gasteiger partial charge in [0.1, 0.15) is 5.76 Å². The van der Waals surface area contributed by atoms with Crippen LogP contribution in [-0.2, 0) is 6.42 Å². The van der Waals surface area contributed by atoms with Gasteiger partial charge in [0.05, 0.1) is 12.3 Å². The molecule has 2 rings (SSSR count). The lowest BCUT2D eigenvalue weighted by Crippen LogP contribution is -2.12. The van der Waals surface area contributed by atoms with Gasteiger partial charge in [0, 0.05) is 16.5 Å². The molecule has 3 heteroatoms. The first-order valence-electron chi connectivity index (χ1n) is 5.29. The van der Waals surface area contributed by atoms with E-state index >= 15 is 0 Å². The van der Waals surface area contributed by atoms with E-state index < -0.39 is 0 Å². The van der Waals surface area contributed by atoms with Crippen LogP contribution >= 0.6 is 15.9 Å². The zero-order valence-corrected chi connectivity index (χ0v) is 10.7. The zero-order valence-electron chi connectivity index (χ0n) is 9.11. The average Bonchev–Trinajstić information content (AvgIpc) is 2.77. The molecule has 2 nitrogen and oxygen atoms in total. The lowest BCUT2D eigenvalue weighted by molar-refractivity contribution is 0.509. The fourth-order valence-electron chi connectivity index (χ4n) is 1.76. The van der Waals surface area contributed by atoms with Crippen molar-refractivity contribution in [3.8, 4) is 0 Å². The SMILES string of the molecule is CCc1occc1C(N)c1ccc(Br)cc1. The molecule has 0 aliphatic carbocycles.